The quantitative estimate of drug-likeness (QED) is 0.445. The molecule has 5 aromatic rings. The third-order valence-electron chi connectivity index (χ3n) is 5.65. The van der Waals surface area contributed by atoms with E-state index in [1.807, 2.05) is 6.07 Å². The van der Waals surface area contributed by atoms with Crippen molar-refractivity contribution in [3.63, 3.8) is 0 Å². The predicted molar refractivity (Wildman–Crippen MR) is 118 cm³/mol. The van der Waals surface area contributed by atoms with Crippen LogP contribution in [0.4, 0.5) is 0 Å². The number of carbonyl (C=O) groups excluding carboxylic acids is 1. The second-order valence-corrected chi connectivity index (χ2v) is 8.76. The Labute approximate surface area is 185 Å². The summed E-state index contributed by atoms with van der Waals surface area (Å²) in [6.07, 6.45) is 7.89. The third kappa shape index (κ3) is 3.02. The van der Waals surface area contributed by atoms with Crippen LogP contribution >= 0.6 is 11.3 Å². The van der Waals surface area contributed by atoms with Crippen molar-refractivity contribution in [3.8, 4) is 11.4 Å². The van der Waals surface area contributed by atoms with Gasteiger partial charge >= 0.3 is 5.69 Å². The average Bonchev–Trinajstić information content (AvgIpc) is 3.59. The van der Waals surface area contributed by atoms with Crippen molar-refractivity contribution in [3.05, 3.63) is 69.6 Å². The Bertz CT molecular complexity index is 1510. The summed E-state index contributed by atoms with van der Waals surface area (Å²) in [4.78, 5) is 36.9. The number of nitrogens with one attached hydrogen (secondary N) is 1. The third-order valence-corrected chi connectivity index (χ3v) is 6.97. The highest BCUT2D eigenvalue weighted by Gasteiger charge is 2.26. The van der Waals surface area contributed by atoms with Gasteiger partial charge in [0.1, 0.15) is 17.1 Å². The molecule has 0 spiro atoms. The van der Waals surface area contributed by atoms with Gasteiger partial charge in [0.15, 0.2) is 11.5 Å². The number of pyridine rings is 1. The summed E-state index contributed by atoms with van der Waals surface area (Å²) in [6, 6.07) is 7.22. The second-order valence-electron chi connectivity index (χ2n) is 7.67. The minimum atomic E-state index is -0.386. The maximum atomic E-state index is 13.4. The van der Waals surface area contributed by atoms with Crippen LogP contribution in [0.15, 0.2) is 52.1 Å². The first kappa shape index (κ1) is 18.9. The van der Waals surface area contributed by atoms with Crippen molar-refractivity contribution in [1.29, 1.82) is 0 Å². The molecule has 0 radical (unpaired) electrons. The molecule has 160 valence electrons. The number of carbonyl (C=O) groups is 1. The van der Waals surface area contributed by atoms with E-state index in [0.29, 0.717) is 17.2 Å². The molecular formula is C22H18N6O3S. The molecule has 6 rings (SSSR count). The topological polar surface area (TPSA) is 107 Å². The maximum Gasteiger partial charge on any atom is 0.352 e. The Kier molecular flexibility index (Phi) is 4.39. The van der Waals surface area contributed by atoms with Crippen molar-refractivity contribution in [2.24, 2.45) is 0 Å². The number of furan rings is 1. The zero-order valence-electron chi connectivity index (χ0n) is 16.9. The van der Waals surface area contributed by atoms with Gasteiger partial charge in [-0.25, -0.2) is 9.78 Å². The van der Waals surface area contributed by atoms with Crippen molar-refractivity contribution in [2.45, 2.75) is 32.4 Å². The van der Waals surface area contributed by atoms with Crippen LogP contribution in [0.2, 0.25) is 0 Å². The van der Waals surface area contributed by atoms with Crippen LogP contribution in [-0.4, -0.2) is 30.1 Å². The van der Waals surface area contributed by atoms with E-state index in [1.165, 1.54) is 19.5 Å². The lowest BCUT2D eigenvalue weighted by Gasteiger charge is -2.09. The molecule has 0 atom stereocenters. The minimum absolute atomic E-state index is 0.104. The van der Waals surface area contributed by atoms with E-state index < -0.39 is 0 Å². The van der Waals surface area contributed by atoms with Crippen LogP contribution in [0.5, 0.6) is 0 Å². The molecule has 1 aliphatic rings. The number of hydrogen-bond donors (Lipinski definition) is 1. The molecule has 10 heteroatoms. The monoisotopic (exact) mass is 446 g/mol. The number of rotatable bonds is 5. The van der Waals surface area contributed by atoms with Gasteiger partial charge < -0.3 is 9.73 Å². The van der Waals surface area contributed by atoms with Crippen molar-refractivity contribution in [1.82, 2.24) is 29.5 Å². The molecule has 0 bridgehead atoms. The molecular weight excluding hydrogens is 428 g/mol. The zero-order chi connectivity index (χ0) is 21.7. The lowest BCUT2D eigenvalue weighted by atomic mass is 10.2. The second kappa shape index (κ2) is 7.41. The lowest BCUT2D eigenvalue weighted by Crippen LogP contribution is -2.34. The van der Waals surface area contributed by atoms with Gasteiger partial charge in [0.2, 0.25) is 5.91 Å². The van der Waals surface area contributed by atoms with Crippen molar-refractivity contribution in [2.75, 3.05) is 0 Å². The van der Waals surface area contributed by atoms with Gasteiger partial charge in [0, 0.05) is 22.8 Å². The van der Waals surface area contributed by atoms with E-state index in [0.717, 1.165) is 35.0 Å². The van der Waals surface area contributed by atoms with Gasteiger partial charge in [-0.2, -0.15) is 4.52 Å². The highest BCUT2D eigenvalue weighted by molar-refractivity contribution is 7.19. The molecule has 0 saturated heterocycles. The Balaban J connectivity index is 1.48. The first-order chi connectivity index (χ1) is 15.7. The van der Waals surface area contributed by atoms with Crippen LogP contribution in [0.25, 0.3) is 27.3 Å². The Morgan fingerprint density at radius 3 is 3.00 bits per heavy atom. The highest BCUT2D eigenvalue weighted by Crippen LogP contribution is 2.38. The molecule has 5 heterocycles. The first-order valence-electron chi connectivity index (χ1n) is 10.3. The summed E-state index contributed by atoms with van der Waals surface area (Å²) in [7, 11) is 0. The van der Waals surface area contributed by atoms with Gasteiger partial charge in [0.05, 0.1) is 18.2 Å². The Morgan fingerprint density at radius 2 is 2.19 bits per heavy atom. The van der Waals surface area contributed by atoms with Crippen LogP contribution in [0.1, 0.15) is 22.6 Å². The number of thiophene rings is 1. The zero-order valence-corrected chi connectivity index (χ0v) is 17.8. The molecule has 0 unspecified atom stereocenters. The van der Waals surface area contributed by atoms with Gasteiger partial charge in [-0.3, -0.25) is 14.3 Å². The largest absolute Gasteiger partial charge is 0.467 e. The summed E-state index contributed by atoms with van der Waals surface area (Å²) in [5.41, 5.74) is 2.10. The summed E-state index contributed by atoms with van der Waals surface area (Å²) in [5, 5.41) is 8.22. The summed E-state index contributed by atoms with van der Waals surface area (Å²) in [6.45, 7) is 0.162. The number of nitrogens with zero attached hydrogens (tertiary/aromatic N) is 5. The average molecular weight is 446 g/mol. The molecule has 9 nitrogen and oxygen atoms in total. The number of aryl methyl sites for hydroxylation is 2. The SMILES string of the molecule is O=C(Cn1c(=O)n2nc(-c3cccnc3)nc2c2c3c(sc21)CCC3)NCc1ccco1. The van der Waals surface area contributed by atoms with E-state index in [9.17, 15) is 9.59 Å². The van der Waals surface area contributed by atoms with Crippen LogP contribution < -0.4 is 11.0 Å². The van der Waals surface area contributed by atoms with Crippen LogP contribution in [0.3, 0.4) is 0 Å². The smallest absolute Gasteiger partial charge is 0.352 e. The normalized spacial score (nSPS) is 13.1. The number of fused-ring (bicyclic) bond motifs is 5. The molecule has 0 fully saturated rings. The summed E-state index contributed by atoms with van der Waals surface area (Å²) in [5.74, 6) is 0.818. The fourth-order valence-electron chi connectivity index (χ4n) is 4.17. The van der Waals surface area contributed by atoms with Gasteiger partial charge in [-0.15, -0.1) is 16.4 Å². The molecule has 1 N–H and O–H groups in total. The molecule has 0 aliphatic heterocycles. The maximum absolute atomic E-state index is 13.4. The van der Waals surface area contributed by atoms with E-state index in [1.54, 1.807) is 48.2 Å². The van der Waals surface area contributed by atoms with Gasteiger partial charge in [0.25, 0.3) is 0 Å². The number of aromatic nitrogens is 5. The van der Waals surface area contributed by atoms with Gasteiger partial charge in [-0.1, -0.05) is 0 Å². The number of hydrogen-bond acceptors (Lipinski definition) is 7. The van der Waals surface area contributed by atoms with E-state index in [-0.39, 0.29) is 24.7 Å². The van der Waals surface area contributed by atoms with E-state index in [4.69, 9.17) is 9.40 Å². The molecule has 5 aromatic heterocycles. The standard InChI is InChI=1S/C22H18N6O3S/c29-17(24-11-14-5-3-9-31-14)12-27-21-18(15-6-1-7-16(15)32-21)20-25-19(26-28(20)22(27)30)13-4-2-8-23-10-13/h2-5,8-10H,1,6-7,11-12H2,(H,24,29). The fourth-order valence-corrected chi connectivity index (χ4v) is 5.55. The number of amides is 1. The minimum Gasteiger partial charge on any atom is -0.467 e. The molecule has 32 heavy (non-hydrogen) atoms. The van der Waals surface area contributed by atoms with Crippen molar-refractivity contribution >= 4 is 33.1 Å². The molecule has 0 aromatic carbocycles. The summed E-state index contributed by atoms with van der Waals surface area (Å²) >= 11 is 1.58. The van der Waals surface area contributed by atoms with E-state index >= 15 is 0 Å². The summed E-state index contributed by atoms with van der Waals surface area (Å²) < 4.78 is 8.08. The fraction of sp³-hybridized carbons (Fsp3) is 0.227. The lowest BCUT2D eigenvalue weighted by molar-refractivity contribution is -0.121. The van der Waals surface area contributed by atoms with Crippen LogP contribution in [0, 0.1) is 0 Å². The van der Waals surface area contributed by atoms with Crippen molar-refractivity contribution < 1.29 is 9.21 Å². The van der Waals surface area contributed by atoms with Gasteiger partial charge in [-0.05, 0) is 49.1 Å². The van der Waals surface area contributed by atoms with E-state index in [2.05, 4.69) is 15.4 Å². The predicted octanol–water partition coefficient (Wildman–Crippen LogP) is 2.57. The van der Waals surface area contributed by atoms with Crippen LogP contribution in [-0.2, 0) is 30.7 Å². The Morgan fingerprint density at radius 1 is 1.25 bits per heavy atom. The molecule has 1 amide bonds. The highest BCUT2D eigenvalue weighted by atomic mass is 32.1. The molecule has 0 saturated carbocycles. The Hall–Kier alpha value is -3.79. The molecule has 1 aliphatic carbocycles. The first-order valence-corrected chi connectivity index (χ1v) is 11.1.